The minimum absolute atomic E-state index is 0.179. The lowest BCUT2D eigenvalue weighted by Gasteiger charge is -2.23. The molecule has 1 aliphatic rings. The van der Waals surface area contributed by atoms with Gasteiger partial charge >= 0.3 is 0 Å². The van der Waals surface area contributed by atoms with Gasteiger partial charge in [-0.25, -0.2) is 0 Å². The number of ether oxygens (including phenoxy) is 1. The zero-order valence-electron chi connectivity index (χ0n) is 8.81. The first-order valence-electron chi connectivity index (χ1n) is 5.22. The largest absolute Gasteiger partial charge is 0.508 e. The van der Waals surface area contributed by atoms with E-state index in [0.29, 0.717) is 11.7 Å². The lowest BCUT2D eigenvalue weighted by molar-refractivity contribution is -0.00768. The lowest BCUT2D eigenvalue weighted by Crippen LogP contribution is -2.34. The molecule has 0 saturated heterocycles. The third kappa shape index (κ3) is 2.63. The fourth-order valence-corrected chi connectivity index (χ4v) is 1.63. The second kappa shape index (κ2) is 3.74. The molecule has 1 atom stereocenters. The number of hydrogen-bond acceptors (Lipinski definition) is 3. The van der Waals surface area contributed by atoms with Crippen molar-refractivity contribution in [3.8, 4) is 11.5 Å². The van der Waals surface area contributed by atoms with Crippen LogP contribution in [0.2, 0.25) is 0 Å². The molecular weight excluding hydrogens is 192 g/mol. The number of rotatable bonds is 4. The molecule has 1 unspecified atom stereocenters. The van der Waals surface area contributed by atoms with Crippen LogP contribution in [0, 0.1) is 5.92 Å². The maximum Gasteiger partial charge on any atom is 0.123 e. The second-order valence-corrected chi connectivity index (χ2v) is 4.42. The molecule has 0 bridgehead atoms. The van der Waals surface area contributed by atoms with Gasteiger partial charge in [-0.1, -0.05) is 6.07 Å². The van der Waals surface area contributed by atoms with Gasteiger partial charge in [0, 0.05) is 6.07 Å². The number of aliphatic hydroxyl groups is 1. The molecule has 0 radical (unpaired) electrons. The van der Waals surface area contributed by atoms with Crippen molar-refractivity contribution in [3.63, 3.8) is 0 Å². The fourth-order valence-electron chi connectivity index (χ4n) is 1.63. The topological polar surface area (TPSA) is 49.7 Å². The predicted molar refractivity (Wildman–Crippen MR) is 56.9 cm³/mol. The van der Waals surface area contributed by atoms with Gasteiger partial charge in [0.1, 0.15) is 18.1 Å². The highest BCUT2D eigenvalue weighted by molar-refractivity contribution is 5.31. The minimum atomic E-state index is -0.745. The highest BCUT2D eigenvalue weighted by atomic mass is 16.5. The number of phenolic OH excluding ortho intramolecular Hbond substituents is 1. The summed E-state index contributed by atoms with van der Waals surface area (Å²) in [6.07, 6.45) is 2.16. The van der Waals surface area contributed by atoms with E-state index in [2.05, 4.69) is 0 Å². The predicted octanol–water partition coefficient (Wildman–Crippen LogP) is 1.93. The zero-order chi connectivity index (χ0) is 10.9. The Morgan fingerprint density at radius 2 is 2.20 bits per heavy atom. The van der Waals surface area contributed by atoms with Crippen LogP contribution in [0.5, 0.6) is 11.5 Å². The molecule has 0 aromatic heterocycles. The molecule has 0 heterocycles. The van der Waals surface area contributed by atoms with Crippen molar-refractivity contribution in [2.45, 2.75) is 25.4 Å². The second-order valence-electron chi connectivity index (χ2n) is 4.42. The van der Waals surface area contributed by atoms with Crippen LogP contribution >= 0.6 is 0 Å². The Hall–Kier alpha value is -1.22. The molecule has 3 nitrogen and oxygen atoms in total. The Labute approximate surface area is 89.3 Å². The van der Waals surface area contributed by atoms with Crippen LogP contribution in [0.25, 0.3) is 0 Å². The summed E-state index contributed by atoms with van der Waals surface area (Å²) in [5.41, 5.74) is -0.745. The van der Waals surface area contributed by atoms with Crippen LogP contribution in [0.3, 0.4) is 0 Å². The Balaban J connectivity index is 1.92. The Bertz CT molecular complexity index is 342. The Kier molecular flexibility index (Phi) is 2.57. The third-order valence-corrected chi connectivity index (χ3v) is 2.81. The molecule has 2 rings (SSSR count). The van der Waals surface area contributed by atoms with Gasteiger partial charge in [0.2, 0.25) is 0 Å². The van der Waals surface area contributed by atoms with Gasteiger partial charge in [-0.05, 0) is 37.8 Å². The Morgan fingerprint density at radius 1 is 1.47 bits per heavy atom. The molecule has 1 saturated carbocycles. The molecule has 1 fully saturated rings. The van der Waals surface area contributed by atoms with E-state index in [1.165, 1.54) is 0 Å². The highest BCUT2D eigenvalue weighted by Gasteiger charge is 2.40. The molecule has 3 heteroatoms. The van der Waals surface area contributed by atoms with Crippen LogP contribution < -0.4 is 4.74 Å². The van der Waals surface area contributed by atoms with Gasteiger partial charge in [-0.2, -0.15) is 0 Å². The van der Waals surface area contributed by atoms with E-state index < -0.39 is 5.60 Å². The number of aromatic hydroxyl groups is 1. The molecule has 0 aliphatic heterocycles. The van der Waals surface area contributed by atoms with Crippen molar-refractivity contribution >= 4 is 0 Å². The van der Waals surface area contributed by atoms with Gasteiger partial charge in [0.25, 0.3) is 0 Å². The van der Waals surface area contributed by atoms with Gasteiger partial charge in [0.15, 0.2) is 0 Å². The summed E-state index contributed by atoms with van der Waals surface area (Å²) in [5.74, 6) is 1.14. The average Bonchev–Trinajstić information content (AvgIpc) is 2.98. The molecular formula is C12H16O3. The number of benzene rings is 1. The quantitative estimate of drug-likeness (QED) is 0.795. The van der Waals surface area contributed by atoms with Crippen molar-refractivity contribution in [1.29, 1.82) is 0 Å². The molecule has 2 N–H and O–H groups in total. The van der Waals surface area contributed by atoms with Crippen LogP contribution in [0.1, 0.15) is 19.8 Å². The van der Waals surface area contributed by atoms with Crippen molar-refractivity contribution in [2.24, 2.45) is 5.92 Å². The SMILES string of the molecule is CC(O)(COc1cccc(O)c1)C1CC1. The third-order valence-electron chi connectivity index (χ3n) is 2.81. The first-order chi connectivity index (χ1) is 7.08. The maximum absolute atomic E-state index is 10.00. The van der Waals surface area contributed by atoms with Gasteiger partial charge in [-0.3, -0.25) is 0 Å². The van der Waals surface area contributed by atoms with E-state index in [9.17, 15) is 10.2 Å². The van der Waals surface area contributed by atoms with E-state index in [4.69, 9.17) is 4.74 Å². The summed E-state index contributed by atoms with van der Waals surface area (Å²) in [4.78, 5) is 0. The van der Waals surface area contributed by atoms with Crippen molar-refractivity contribution in [2.75, 3.05) is 6.61 Å². The van der Waals surface area contributed by atoms with E-state index in [0.717, 1.165) is 12.8 Å². The summed E-state index contributed by atoms with van der Waals surface area (Å²) in [7, 11) is 0. The highest BCUT2D eigenvalue weighted by Crippen LogP contribution is 2.39. The van der Waals surface area contributed by atoms with Crippen LogP contribution in [0.15, 0.2) is 24.3 Å². The van der Waals surface area contributed by atoms with Crippen molar-refractivity contribution in [1.82, 2.24) is 0 Å². The summed E-state index contributed by atoms with van der Waals surface area (Å²) in [5, 5.41) is 19.2. The summed E-state index contributed by atoms with van der Waals surface area (Å²) in [6, 6.07) is 6.62. The molecule has 0 amide bonds. The van der Waals surface area contributed by atoms with Gasteiger partial charge in [-0.15, -0.1) is 0 Å². The van der Waals surface area contributed by atoms with Crippen molar-refractivity contribution in [3.05, 3.63) is 24.3 Å². The van der Waals surface area contributed by atoms with Crippen molar-refractivity contribution < 1.29 is 14.9 Å². The minimum Gasteiger partial charge on any atom is -0.508 e. The lowest BCUT2D eigenvalue weighted by atomic mass is 10.0. The van der Waals surface area contributed by atoms with Gasteiger partial charge < -0.3 is 14.9 Å². The average molecular weight is 208 g/mol. The van der Waals surface area contributed by atoms with Crippen LogP contribution in [0.4, 0.5) is 0 Å². The monoisotopic (exact) mass is 208 g/mol. The zero-order valence-corrected chi connectivity index (χ0v) is 8.81. The molecule has 15 heavy (non-hydrogen) atoms. The molecule has 1 aliphatic carbocycles. The molecule has 1 aromatic carbocycles. The first-order valence-corrected chi connectivity index (χ1v) is 5.22. The molecule has 1 aromatic rings. The van der Waals surface area contributed by atoms with E-state index in [-0.39, 0.29) is 12.4 Å². The number of phenols is 1. The Morgan fingerprint density at radius 3 is 2.80 bits per heavy atom. The molecule has 82 valence electrons. The van der Waals surface area contributed by atoms with E-state index >= 15 is 0 Å². The summed E-state index contributed by atoms with van der Waals surface area (Å²) < 4.78 is 5.44. The normalized spacial score (nSPS) is 19.6. The molecule has 0 spiro atoms. The van der Waals surface area contributed by atoms with Crippen LogP contribution in [-0.2, 0) is 0 Å². The fraction of sp³-hybridized carbons (Fsp3) is 0.500. The summed E-state index contributed by atoms with van der Waals surface area (Å²) in [6.45, 7) is 2.08. The smallest absolute Gasteiger partial charge is 0.123 e. The van der Waals surface area contributed by atoms with E-state index in [1.54, 1.807) is 31.2 Å². The maximum atomic E-state index is 10.00. The van der Waals surface area contributed by atoms with Gasteiger partial charge in [0.05, 0.1) is 5.60 Å². The first kappa shape index (κ1) is 10.3. The standard InChI is InChI=1S/C12H16O3/c1-12(14,9-5-6-9)8-15-11-4-2-3-10(13)7-11/h2-4,7,9,13-14H,5-6,8H2,1H3. The van der Waals surface area contributed by atoms with Crippen LogP contribution in [-0.4, -0.2) is 22.4 Å². The van der Waals surface area contributed by atoms with E-state index in [1.807, 2.05) is 0 Å². The number of hydrogen-bond donors (Lipinski definition) is 2. The summed E-state index contributed by atoms with van der Waals surface area (Å²) >= 11 is 0.